The second kappa shape index (κ2) is 6.60. The molecule has 2 aromatic rings. The van der Waals surface area contributed by atoms with Crippen molar-refractivity contribution in [2.75, 3.05) is 26.5 Å². The van der Waals surface area contributed by atoms with Crippen molar-refractivity contribution in [2.45, 2.75) is 13.0 Å². The van der Waals surface area contributed by atoms with Crippen molar-refractivity contribution < 1.29 is 19.0 Å². The molecule has 24 heavy (non-hydrogen) atoms. The highest BCUT2D eigenvalue weighted by Gasteiger charge is 2.21. The highest BCUT2D eigenvalue weighted by molar-refractivity contribution is 7.10. The Morgan fingerprint density at radius 3 is 3.17 bits per heavy atom. The van der Waals surface area contributed by atoms with Crippen LogP contribution >= 0.6 is 11.3 Å². The minimum absolute atomic E-state index is 0.0406. The first-order chi connectivity index (χ1) is 11.8. The quantitative estimate of drug-likeness (QED) is 0.865. The Morgan fingerprint density at radius 2 is 2.21 bits per heavy atom. The Balaban J connectivity index is 1.22. The van der Waals surface area contributed by atoms with E-state index in [9.17, 15) is 4.79 Å². The number of nitrogens with one attached hydrogen (secondary N) is 1. The van der Waals surface area contributed by atoms with Gasteiger partial charge in [0.2, 0.25) is 6.79 Å². The highest BCUT2D eigenvalue weighted by atomic mass is 32.1. The zero-order chi connectivity index (χ0) is 16.4. The number of carbonyl (C=O) groups is 1. The molecule has 0 atom stereocenters. The van der Waals surface area contributed by atoms with Crippen LogP contribution < -0.4 is 19.5 Å². The molecule has 0 saturated carbocycles. The summed E-state index contributed by atoms with van der Waals surface area (Å²) >= 11 is 1.77. The van der Waals surface area contributed by atoms with E-state index in [0.717, 1.165) is 18.7 Å². The van der Waals surface area contributed by atoms with Crippen LogP contribution in [-0.2, 0) is 13.0 Å². The molecule has 7 heteroatoms. The summed E-state index contributed by atoms with van der Waals surface area (Å²) in [7, 11) is 0. The lowest BCUT2D eigenvalue weighted by Crippen LogP contribution is -2.43. The highest BCUT2D eigenvalue weighted by Crippen LogP contribution is 2.35. The predicted molar refractivity (Wildman–Crippen MR) is 89.9 cm³/mol. The smallest absolute Gasteiger partial charge is 0.317 e. The van der Waals surface area contributed by atoms with Gasteiger partial charge in [0.25, 0.3) is 0 Å². The van der Waals surface area contributed by atoms with Gasteiger partial charge in [-0.2, -0.15) is 0 Å². The molecule has 0 fully saturated rings. The second-order valence-electron chi connectivity index (χ2n) is 5.64. The molecule has 0 spiro atoms. The van der Waals surface area contributed by atoms with Gasteiger partial charge in [0, 0.05) is 24.0 Å². The van der Waals surface area contributed by atoms with E-state index >= 15 is 0 Å². The zero-order valence-electron chi connectivity index (χ0n) is 13.1. The maximum absolute atomic E-state index is 12.2. The van der Waals surface area contributed by atoms with Crippen LogP contribution in [0.4, 0.5) is 4.79 Å². The molecule has 6 nitrogen and oxygen atoms in total. The van der Waals surface area contributed by atoms with E-state index in [-0.39, 0.29) is 12.8 Å². The first-order valence-corrected chi connectivity index (χ1v) is 8.78. The molecule has 1 aromatic heterocycles. The summed E-state index contributed by atoms with van der Waals surface area (Å²) in [6, 6.07) is 7.51. The summed E-state index contributed by atoms with van der Waals surface area (Å²) in [6.07, 6.45) is 0.939. The predicted octanol–water partition coefficient (Wildman–Crippen LogP) is 2.62. The molecule has 0 radical (unpaired) electrons. The van der Waals surface area contributed by atoms with Crippen LogP contribution in [0, 0.1) is 0 Å². The Bertz CT molecular complexity index is 746. The molecule has 0 bridgehead atoms. The second-order valence-corrected chi connectivity index (χ2v) is 6.64. The summed E-state index contributed by atoms with van der Waals surface area (Å²) in [5, 5.41) is 5.00. The van der Waals surface area contributed by atoms with Crippen molar-refractivity contribution in [2.24, 2.45) is 0 Å². The zero-order valence-corrected chi connectivity index (χ0v) is 13.9. The molecule has 2 amide bonds. The normalized spacial score (nSPS) is 15.1. The van der Waals surface area contributed by atoms with Crippen LogP contribution in [-0.4, -0.2) is 37.4 Å². The summed E-state index contributed by atoms with van der Waals surface area (Å²) in [4.78, 5) is 15.5. The van der Waals surface area contributed by atoms with Crippen LogP contribution in [0.5, 0.6) is 17.2 Å². The number of fused-ring (bicyclic) bond motifs is 2. The van der Waals surface area contributed by atoms with E-state index in [0.29, 0.717) is 31.2 Å². The third kappa shape index (κ3) is 3.12. The number of ether oxygens (including phenoxy) is 3. The Morgan fingerprint density at radius 1 is 1.29 bits per heavy atom. The van der Waals surface area contributed by atoms with Crippen molar-refractivity contribution in [3.63, 3.8) is 0 Å². The van der Waals surface area contributed by atoms with Crippen molar-refractivity contribution >= 4 is 17.4 Å². The van der Waals surface area contributed by atoms with Crippen molar-refractivity contribution in [1.29, 1.82) is 0 Å². The van der Waals surface area contributed by atoms with Crippen LogP contribution in [0.2, 0.25) is 0 Å². The SMILES string of the molecule is O=C(NCCOc1ccc2c(c1)OCO2)N1CCc2sccc2C1. The first kappa shape index (κ1) is 15.1. The van der Waals surface area contributed by atoms with Gasteiger partial charge >= 0.3 is 6.03 Å². The molecule has 0 saturated heterocycles. The van der Waals surface area contributed by atoms with E-state index < -0.39 is 0 Å². The molecule has 3 heterocycles. The third-order valence-electron chi connectivity index (χ3n) is 4.09. The number of thiophene rings is 1. The van der Waals surface area contributed by atoms with E-state index in [1.54, 1.807) is 17.4 Å². The molecular formula is C17H18N2O4S. The van der Waals surface area contributed by atoms with Crippen molar-refractivity contribution in [1.82, 2.24) is 10.2 Å². The average Bonchev–Trinajstić information content (AvgIpc) is 3.25. The van der Waals surface area contributed by atoms with Gasteiger partial charge in [0.05, 0.1) is 6.54 Å². The van der Waals surface area contributed by atoms with E-state index in [4.69, 9.17) is 14.2 Å². The van der Waals surface area contributed by atoms with Gasteiger partial charge < -0.3 is 24.4 Å². The van der Waals surface area contributed by atoms with E-state index in [1.807, 2.05) is 17.0 Å². The molecular weight excluding hydrogens is 328 g/mol. The maximum Gasteiger partial charge on any atom is 0.317 e. The van der Waals surface area contributed by atoms with Gasteiger partial charge in [0.15, 0.2) is 11.5 Å². The molecule has 1 aromatic carbocycles. The van der Waals surface area contributed by atoms with Crippen LogP contribution in [0.3, 0.4) is 0 Å². The summed E-state index contributed by atoms with van der Waals surface area (Å²) in [5.74, 6) is 2.12. The van der Waals surface area contributed by atoms with Crippen molar-refractivity contribution in [3.8, 4) is 17.2 Å². The van der Waals surface area contributed by atoms with Gasteiger partial charge in [0.1, 0.15) is 12.4 Å². The molecule has 1 N–H and O–H groups in total. The number of hydrogen-bond acceptors (Lipinski definition) is 5. The fourth-order valence-electron chi connectivity index (χ4n) is 2.83. The number of nitrogens with zero attached hydrogens (tertiary/aromatic N) is 1. The van der Waals surface area contributed by atoms with Crippen molar-refractivity contribution in [3.05, 3.63) is 40.1 Å². The molecule has 2 aliphatic heterocycles. The topological polar surface area (TPSA) is 60.0 Å². The minimum Gasteiger partial charge on any atom is -0.492 e. The number of hydrogen-bond donors (Lipinski definition) is 1. The lowest BCUT2D eigenvalue weighted by Gasteiger charge is -2.27. The molecule has 4 rings (SSSR count). The van der Waals surface area contributed by atoms with E-state index in [1.165, 1.54) is 10.4 Å². The van der Waals surface area contributed by atoms with Gasteiger partial charge in [-0.05, 0) is 35.6 Å². The fourth-order valence-corrected chi connectivity index (χ4v) is 3.72. The van der Waals surface area contributed by atoms with Gasteiger partial charge in [-0.25, -0.2) is 4.79 Å². The standard InChI is InChI=1S/C17H18N2O4S/c20-17(19-6-3-16-12(10-19)4-8-24-16)18-5-7-21-13-1-2-14-15(9-13)23-11-22-14/h1-2,4,8-9H,3,5-7,10-11H2,(H,18,20). The number of rotatable bonds is 4. The molecule has 0 unspecified atom stereocenters. The number of urea groups is 1. The van der Waals surface area contributed by atoms with Crippen LogP contribution in [0.25, 0.3) is 0 Å². The van der Waals surface area contributed by atoms with E-state index in [2.05, 4.69) is 16.8 Å². The molecule has 126 valence electrons. The number of amides is 2. The Kier molecular flexibility index (Phi) is 4.17. The molecule has 2 aliphatic rings. The Labute approximate surface area is 143 Å². The van der Waals surface area contributed by atoms with Gasteiger partial charge in [-0.1, -0.05) is 0 Å². The summed E-state index contributed by atoms with van der Waals surface area (Å²) < 4.78 is 16.2. The third-order valence-corrected chi connectivity index (χ3v) is 5.11. The number of benzene rings is 1. The average molecular weight is 346 g/mol. The Hall–Kier alpha value is -2.41. The van der Waals surface area contributed by atoms with Gasteiger partial charge in [-0.3, -0.25) is 0 Å². The lowest BCUT2D eigenvalue weighted by atomic mass is 10.1. The number of carbonyl (C=O) groups excluding carboxylic acids is 1. The maximum atomic E-state index is 12.2. The molecule has 0 aliphatic carbocycles. The largest absolute Gasteiger partial charge is 0.492 e. The summed E-state index contributed by atoms with van der Waals surface area (Å²) in [5.41, 5.74) is 1.26. The monoisotopic (exact) mass is 346 g/mol. The van der Waals surface area contributed by atoms with Crippen LogP contribution in [0.15, 0.2) is 29.6 Å². The minimum atomic E-state index is -0.0406. The fraction of sp³-hybridized carbons (Fsp3) is 0.353. The summed E-state index contributed by atoms with van der Waals surface area (Å²) in [6.45, 7) is 2.57. The van der Waals surface area contributed by atoms with Gasteiger partial charge in [-0.15, -0.1) is 11.3 Å². The van der Waals surface area contributed by atoms with Crippen LogP contribution in [0.1, 0.15) is 10.4 Å². The lowest BCUT2D eigenvalue weighted by molar-refractivity contribution is 0.173. The first-order valence-electron chi connectivity index (χ1n) is 7.90.